The number of carbonyl (C=O) groups is 1. The molecular formula is C20H20N2O2. The number of rotatable bonds is 6. The van der Waals surface area contributed by atoms with Crippen molar-refractivity contribution in [2.24, 2.45) is 0 Å². The first-order chi connectivity index (χ1) is 11.7. The van der Waals surface area contributed by atoms with Gasteiger partial charge in [0.2, 0.25) is 0 Å². The highest BCUT2D eigenvalue weighted by atomic mass is 16.5. The van der Waals surface area contributed by atoms with Gasteiger partial charge in [-0.3, -0.25) is 4.79 Å². The molecule has 0 unspecified atom stereocenters. The smallest absolute Gasteiger partial charge is 0.273 e. The highest BCUT2D eigenvalue weighted by molar-refractivity contribution is 5.93. The van der Waals surface area contributed by atoms with E-state index in [-0.39, 0.29) is 11.9 Å². The highest BCUT2D eigenvalue weighted by Crippen LogP contribution is 2.19. The topological polar surface area (TPSA) is 55.1 Å². The Labute approximate surface area is 141 Å². The monoisotopic (exact) mass is 320 g/mol. The molecule has 0 fully saturated rings. The van der Waals surface area contributed by atoms with E-state index in [1.54, 1.807) is 6.07 Å². The van der Waals surface area contributed by atoms with Crippen molar-refractivity contribution in [3.8, 4) is 11.3 Å². The van der Waals surface area contributed by atoms with Gasteiger partial charge < -0.3 is 9.84 Å². The van der Waals surface area contributed by atoms with Crippen molar-refractivity contribution in [1.82, 2.24) is 10.5 Å². The van der Waals surface area contributed by atoms with Crippen LogP contribution in [-0.2, 0) is 6.42 Å². The van der Waals surface area contributed by atoms with Gasteiger partial charge >= 0.3 is 0 Å². The zero-order valence-corrected chi connectivity index (χ0v) is 13.6. The van der Waals surface area contributed by atoms with Crippen LogP contribution < -0.4 is 5.32 Å². The number of carbonyl (C=O) groups excluding carboxylic acids is 1. The van der Waals surface area contributed by atoms with Crippen LogP contribution in [0, 0.1) is 0 Å². The second-order valence-corrected chi connectivity index (χ2v) is 5.84. The van der Waals surface area contributed by atoms with Crippen LogP contribution in [0.4, 0.5) is 0 Å². The first kappa shape index (κ1) is 16.0. The fourth-order valence-corrected chi connectivity index (χ4v) is 2.52. The Morgan fingerprint density at radius 2 is 1.75 bits per heavy atom. The van der Waals surface area contributed by atoms with Crippen LogP contribution in [0.25, 0.3) is 11.3 Å². The van der Waals surface area contributed by atoms with Crippen molar-refractivity contribution in [3.05, 3.63) is 78.0 Å². The zero-order chi connectivity index (χ0) is 16.8. The molecule has 4 nitrogen and oxygen atoms in total. The Balaban J connectivity index is 1.56. The standard InChI is InChI=1S/C20H20N2O2/c1-15(12-13-16-8-4-2-5-9-16)21-20(23)18-14-19(24-22-18)17-10-6-3-7-11-17/h2-11,14-15H,12-13H2,1H3,(H,21,23)/t15-/m1/s1. The highest BCUT2D eigenvalue weighted by Gasteiger charge is 2.15. The lowest BCUT2D eigenvalue weighted by atomic mass is 10.1. The van der Waals surface area contributed by atoms with Crippen LogP contribution >= 0.6 is 0 Å². The van der Waals surface area contributed by atoms with E-state index in [1.165, 1.54) is 5.56 Å². The molecule has 1 aromatic heterocycles. The second kappa shape index (κ2) is 7.59. The van der Waals surface area contributed by atoms with Crippen LogP contribution in [-0.4, -0.2) is 17.1 Å². The fourth-order valence-electron chi connectivity index (χ4n) is 2.52. The molecule has 1 atom stereocenters. The minimum absolute atomic E-state index is 0.0644. The van der Waals surface area contributed by atoms with E-state index < -0.39 is 0 Å². The normalized spacial score (nSPS) is 11.9. The number of nitrogens with one attached hydrogen (secondary N) is 1. The predicted octanol–water partition coefficient (Wildman–Crippen LogP) is 4.09. The molecule has 0 aliphatic carbocycles. The molecule has 0 aliphatic rings. The van der Waals surface area contributed by atoms with Gasteiger partial charge in [0.25, 0.3) is 5.91 Å². The van der Waals surface area contributed by atoms with E-state index in [0.717, 1.165) is 18.4 Å². The molecule has 3 rings (SSSR count). The minimum Gasteiger partial charge on any atom is -0.355 e. The molecule has 0 saturated carbocycles. The van der Waals surface area contributed by atoms with Gasteiger partial charge in [0, 0.05) is 17.7 Å². The van der Waals surface area contributed by atoms with E-state index in [2.05, 4.69) is 22.6 Å². The number of aromatic nitrogens is 1. The molecule has 2 aromatic carbocycles. The Morgan fingerprint density at radius 1 is 1.08 bits per heavy atom. The van der Waals surface area contributed by atoms with Crippen molar-refractivity contribution in [2.45, 2.75) is 25.8 Å². The Morgan fingerprint density at radius 3 is 2.46 bits per heavy atom. The van der Waals surface area contributed by atoms with Gasteiger partial charge in [0.1, 0.15) is 0 Å². The maximum Gasteiger partial charge on any atom is 0.273 e. The molecular weight excluding hydrogens is 300 g/mol. The molecule has 0 bridgehead atoms. The number of amides is 1. The number of nitrogens with zero attached hydrogens (tertiary/aromatic N) is 1. The number of hydrogen-bond donors (Lipinski definition) is 1. The van der Waals surface area contributed by atoms with Crippen LogP contribution in [0.15, 0.2) is 71.3 Å². The summed E-state index contributed by atoms with van der Waals surface area (Å²) >= 11 is 0. The third-order valence-electron chi connectivity index (χ3n) is 3.89. The predicted molar refractivity (Wildman–Crippen MR) is 93.6 cm³/mol. The van der Waals surface area contributed by atoms with Gasteiger partial charge in [0.15, 0.2) is 11.5 Å². The second-order valence-electron chi connectivity index (χ2n) is 5.84. The lowest BCUT2D eigenvalue weighted by Gasteiger charge is -2.12. The largest absolute Gasteiger partial charge is 0.355 e. The van der Waals surface area contributed by atoms with Crippen molar-refractivity contribution in [1.29, 1.82) is 0 Å². The molecule has 1 N–H and O–H groups in total. The summed E-state index contributed by atoms with van der Waals surface area (Å²) in [5.41, 5.74) is 2.48. The van der Waals surface area contributed by atoms with Gasteiger partial charge in [-0.1, -0.05) is 65.8 Å². The first-order valence-electron chi connectivity index (χ1n) is 8.09. The van der Waals surface area contributed by atoms with Gasteiger partial charge in [0.05, 0.1) is 0 Å². The maximum absolute atomic E-state index is 12.3. The Bertz CT molecular complexity index is 782. The maximum atomic E-state index is 12.3. The summed E-state index contributed by atoms with van der Waals surface area (Å²) < 4.78 is 5.27. The van der Waals surface area contributed by atoms with E-state index in [9.17, 15) is 4.79 Å². The average Bonchev–Trinajstić information content (AvgIpc) is 3.12. The van der Waals surface area contributed by atoms with Gasteiger partial charge in [-0.25, -0.2) is 0 Å². The molecule has 4 heteroatoms. The number of hydrogen-bond acceptors (Lipinski definition) is 3. The van der Waals surface area contributed by atoms with E-state index in [1.807, 2.05) is 55.5 Å². The lowest BCUT2D eigenvalue weighted by molar-refractivity contribution is 0.0929. The summed E-state index contributed by atoms with van der Waals surface area (Å²) in [6.07, 6.45) is 1.80. The molecule has 0 saturated heterocycles. The van der Waals surface area contributed by atoms with Crippen molar-refractivity contribution >= 4 is 5.91 Å². The first-order valence-corrected chi connectivity index (χ1v) is 8.09. The molecule has 1 heterocycles. The number of aryl methyl sites for hydroxylation is 1. The molecule has 0 aliphatic heterocycles. The van der Waals surface area contributed by atoms with Crippen LogP contribution in [0.1, 0.15) is 29.4 Å². The third-order valence-corrected chi connectivity index (χ3v) is 3.89. The van der Waals surface area contributed by atoms with Crippen LogP contribution in [0.5, 0.6) is 0 Å². The Hall–Kier alpha value is -2.88. The van der Waals surface area contributed by atoms with Crippen LogP contribution in [0.2, 0.25) is 0 Å². The van der Waals surface area contributed by atoms with Gasteiger partial charge in [-0.05, 0) is 25.3 Å². The molecule has 24 heavy (non-hydrogen) atoms. The molecule has 122 valence electrons. The van der Waals surface area contributed by atoms with Crippen molar-refractivity contribution in [3.63, 3.8) is 0 Å². The SMILES string of the molecule is C[C@H](CCc1ccccc1)NC(=O)c1cc(-c2ccccc2)on1. The summed E-state index contributed by atoms with van der Waals surface area (Å²) in [6, 6.07) is 21.6. The minimum atomic E-state index is -0.207. The molecule has 0 radical (unpaired) electrons. The van der Waals surface area contributed by atoms with Crippen LogP contribution in [0.3, 0.4) is 0 Å². The van der Waals surface area contributed by atoms with Gasteiger partial charge in [-0.15, -0.1) is 0 Å². The summed E-state index contributed by atoms with van der Waals surface area (Å²) in [5.74, 6) is 0.388. The Kier molecular flexibility index (Phi) is 5.06. The van der Waals surface area contributed by atoms with E-state index in [4.69, 9.17) is 4.52 Å². The quantitative estimate of drug-likeness (QED) is 0.744. The fraction of sp³-hybridized carbons (Fsp3) is 0.200. The van der Waals surface area contributed by atoms with Gasteiger partial charge in [-0.2, -0.15) is 0 Å². The lowest BCUT2D eigenvalue weighted by Crippen LogP contribution is -2.33. The molecule has 1 amide bonds. The zero-order valence-electron chi connectivity index (χ0n) is 13.6. The number of benzene rings is 2. The molecule has 3 aromatic rings. The van der Waals surface area contributed by atoms with E-state index >= 15 is 0 Å². The summed E-state index contributed by atoms with van der Waals surface area (Å²) in [6.45, 7) is 2.00. The van der Waals surface area contributed by atoms with Crippen molar-refractivity contribution in [2.75, 3.05) is 0 Å². The summed E-state index contributed by atoms with van der Waals surface area (Å²) in [5, 5.41) is 6.85. The molecule has 0 spiro atoms. The summed E-state index contributed by atoms with van der Waals surface area (Å²) in [4.78, 5) is 12.3. The third kappa shape index (κ3) is 4.10. The average molecular weight is 320 g/mol. The van der Waals surface area contributed by atoms with E-state index in [0.29, 0.717) is 11.5 Å². The van der Waals surface area contributed by atoms with Crippen molar-refractivity contribution < 1.29 is 9.32 Å². The summed E-state index contributed by atoms with van der Waals surface area (Å²) in [7, 11) is 0.